The summed E-state index contributed by atoms with van der Waals surface area (Å²) < 4.78 is 39.0. The van der Waals surface area contributed by atoms with Crippen LogP contribution in [0, 0.1) is 5.82 Å². The van der Waals surface area contributed by atoms with Crippen molar-refractivity contribution in [1.29, 1.82) is 0 Å². The molecule has 10 heteroatoms. The van der Waals surface area contributed by atoms with Crippen molar-refractivity contribution < 1.29 is 22.4 Å². The van der Waals surface area contributed by atoms with E-state index in [0.29, 0.717) is 23.6 Å². The van der Waals surface area contributed by atoms with Crippen LogP contribution in [0.25, 0.3) is 11.1 Å². The lowest BCUT2D eigenvalue weighted by atomic mass is 10.0. The van der Waals surface area contributed by atoms with Crippen molar-refractivity contribution >= 4 is 44.8 Å². The first kappa shape index (κ1) is 23.7. The number of amides is 3. The van der Waals surface area contributed by atoms with Gasteiger partial charge in [-0.15, -0.1) is 0 Å². The Balaban J connectivity index is 1.46. The van der Waals surface area contributed by atoms with Crippen LogP contribution in [0.15, 0.2) is 71.6 Å². The summed E-state index contributed by atoms with van der Waals surface area (Å²) in [6, 6.07) is 16.1. The fourth-order valence-electron chi connectivity index (χ4n) is 3.52. The average Bonchev–Trinajstić information content (AvgIpc) is 3.55. The van der Waals surface area contributed by atoms with Crippen LogP contribution in [-0.2, 0) is 14.6 Å². The Morgan fingerprint density at radius 1 is 0.912 bits per heavy atom. The quantitative estimate of drug-likeness (QED) is 0.449. The van der Waals surface area contributed by atoms with Crippen LogP contribution >= 0.6 is 11.6 Å². The van der Waals surface area contributed by atoms with Gasteiger partial charge in [0.25, 0.3) is 0 Å². The highest BCUT2D eigenvalue weighted by atomic mass is 35.5. The van der Waals surface area contributed by atoms with E-state index in [1.165, 1.54) is 24.3 Å². The predicted octanol–water partition coefficient (Wildman–Crippen LogP) is 4.84. The molecule has 1 aliphatic rings. The van der Waals surface area contributed by atoms with Crippen molar-refractivity contribution in [2.45, 2.75) is 23.3 Å². The number of nitrogens with one attached hydrogen (secondary N) is 3. The SMILES string of the molecule is CS(=O)(=O)c1ccccc1-c1ccc(NC(=O)C2(NC(=O)Nc3ccc(Cl)cc3)CC2)cc1F. The molecule has 0 spiro atoms. The zero-order valence-electron chi connectivity index (χ0n) is 18.1. The van der Waals surface area contributed by atoms with E-state index in [9.17, 15) is 22.4 Å². The number of rotatable bonds is 6. The molecule has 0 saturated heterocycles. The van der Waals surface area contributed by atoms with Crippen LogP contribution in [0.3, 0.4) is 0 Å². The molecule has 0 radical (unpaired) electrons. The van der Waals surface area contributed by atoms with E-state index in [1.807, 2.05) is 0 Å². The number of urea groups is 1. The fourth-order valence-corrected chi connectivity index (χ4v) is 4.55. The van der Waals surface area contributed by atoms with Crippen molar-refractivity contribution in [2.75, 3.05) is 16.9 Å². The van der Waals surface area contributed by atoms with Gasteiger partial charge in [-0.1, -0.05) is 29.8 Å². The van der Waals surface area contributed by atoms with Gasteiger partial charge in [-0.25, -0.2) is 17.6 Å². The van der Waals surface area contributed by atoms with Gasteiger partial charge in [0.15, 0.2) is 9.84 Å². The Hall–Kier alpha value is -3.43. The van der Waals surface area contributed by atoms with Gasteiger partial charge >= 0.3 is 6.03 Å². The summed E-state index contributed by atoms with van der Waals surface area (Å²) in [6.07, 6.45) is 1.94. The monoisotopic (exact) mass is 501 g/mol. The van der Waals surface area contributed by atoms with Crippen molar-refractivity contribution in [1.82, 2.24) is 5.32 Å². The summed E-state index contributed by atoms with van der Waals surface area (Å²) >= 11 is 5.83. The third kappa shape index (κ3) is 5.21. The lowest BCUT2D eigenvalue weighted by Gasteiger charge is -2.18. The standard InChI is InChI=1S/C24H21ClFN3O4S/c1-34(32,33)21-5-3-2-4-19(21)18-11-10-17(14-20(18)26)27-22(30)24(12-13-24)29-23(31)28-16-8-6-15(25)7-9-16/h2-11,14H,12-13H2,1H3,(H,27,30)(H2,28,29,31). The minimum absolute atomic E-state index is 0.0125. The fraction of sp³-hybridized carbons (Fsp3) is 0.167. The van der Waals surface area contributed by atoms with Gasteiger partial charge in [0.1, 0.15) is 11.4 Å². The van der Waals surface area contributed by atoms with E-state index in [2.05, 4.69) is 16.0 Å². The maximum Gasteiger partial charge on any atom is 0.320 e. The molecular weight excluding hydrogens is 481 g/mol. The molecule has 176 valence electrons. The number of halogens is 2. The number of hydrogen-bond acceptors (Lipinski definition) is 4. The van der Waals surface area contributed by atoms with Crippen LogP contribution < -0.4 is 16.0 Å². The van der Waals surface area contributed by atoms with Crippen LogP contribution in [-0.4, -0.2) is 32.2 Å². The van der Waals surface area contributed by atoms with Crippen molar-refractivity contribution in [3.63, 3.8) is 0 Å². The van der Waals surface area contributed by atoms with E-state index in [-0.39, 0.29) is 21.7 Å². The smallest absolute Gasteiger partial charge is 0.320 e. The van der Waals surface area contributed by atoms with Gasteiger partial charge in [-0.05, 0) is 61.4 Å². The number of benzene rings is 3. The number of hydrogen-bond donors (Lipinski definition) is 3. The zero-order chi connectivity index (χ0) is 24.5. The molecule has 0 heterocycles. The Labute approximate surface area is 201 Å². The largest absolute Gasteiger partial charge is 0.324 e. The highest BCUT2D eigenvalue weighted by Crippen LogP contribution is 2.37. The Morgan fingerprint density at radius 3 is 2.18 bits per heavy atom. The first-order valence-electron chi connectivity index (χ1n) is 10.3. The van der Waals surface area contributed by atoms with Crippen molar-refractivity contribution in [3.05, 3.63) is 77.6 Å². The molecule has 4 rings (SSSR count). The summed E-state index contributed by atoms with van der Waals surface area (Å²) in [5, 5.41) is 8.47. The molecule has 0 atom stereocenters. The summed E-state index contributed by atoms with van der Waals surface area (Å²) in [5.74, 6) is -1.16. The Kier molecular flexibility index (Phi) is 6.33. The van der Waals surface area contributed by atoms with Crippen molar-refractivity contribution in [2.24, 2.45) is 0 Å². The molecule has 7 nitrogen and oxygen atoms in total. The highest BCUT2D eigenvalue weighted by Gasteiger charge is 2.51. The number of carbonyl (C=O) groups excluding carboxylic acids is 2. The molecular formula is C24H21ClFN3O4S. The Morgan fingerprint density at radius 2 is 1.56 bits per heavy atom. The lowest BCUT2D eigenvalue weighted by molar-refractivity contribution is -0.118. The van der Waals surface area contributed by atoms with E-state index in [1.54, 1.807) is 36.4 Å². The van der Waals surface area contributed by atoms with Crippen LogP contribution in [0.4, 0.5) is 20.6 Å². The minimum Gasteiger partial charge on any atom is -0.324 e. The molecule has 3 N–H and O–H groups in total. The second-order valence-corrected chi connectivity index (χ2v) is 10.5. The van der Waals surface area contributed by atoms with Crippen LogP contribution in [0.1, 0.15) is 12.8 Å². The van der Waals surface area contributed by atoms with E-state index in [0.717, 1.165) is 12.3 Å². The van der Waals surface area contributed by atoms with Gasteiger partial charge in [-0.2, -0.15) is 0 Å². The lowest BCUT2D eigenvalue weighted by Crippen LogP contribution is -2.47. The zero-order valence-corrected chi connectivity index (χ0v) is 19.6. The first-order valence-corrected chi connectivity index (χ1v) is 12.6. The second kappa shape index (κ2) is 9.08. The van der Waals surface area contributed by atoms with Crippen molar-refractivity contribution in [3.8, 4) is 11.1 Å². The second-order valence-electron chi connectivity index (χ2n) is 8.09. The van der Waals surface area contributed by atoms with Gasteiger partial charge in [0.2, 0.25) is 5.91 Å². The molecule has 1 aliphatic carbocycles. The Bertz CT molecular complexity index is 1370. The predicted molar refractivity (Wildman–Crippen MR) is 129 cm³/mol. The highest BCUT2D eigenvalue weighted by molar-refractivity contribution is 7.90. The van der Waals surface area contributed by atoms with Gasteiger partial charge in [-0.3, -0.25) is 4.79 Å². The van der Waals surface area contributed by atoms with E-state index in [4.69, 9.17) is 11.6 Å². The molecule has 1 fully saturated rings. The third-order valence-electron chi connectivity index (χ3n) is 5.44. The molecule has 34 heavy (non-hydrogen) atoms. The maximum absolute atomic E-state index is 14.9. The molecule has 1 saturated carbocycles. The molecule has 0 unspecified atom stereocenters. The van der Waals surface area contributed by atoms with Crippen LogP contribution in [0.2, 0.25) is 5.02 Å². The van der Waals surface area contributed by atoms with E-state index >= 15 is 0 Å². The minimum atomic E-state index is -3.56. The molecule has 0 aromatic heterocycles. The summed E-state index contributed by atoms with van der Waals surface area (Å²) in [5.41, 5.74) is -0.0474. The molecule has 3 amide bonds. The molecule has 3 aromatic rings. The molecule has 3 aromatic carbocycles. The normalized spacial score (nSPS) is 14.2. The third-order valence-corrected chi connectivity index (χ3v) is 6.85. The average molecular weight is 502 g/mol. The molecule has 0 bridgehead atoms. The van der Waals surface area contributed by atoms with Gasteiger partial charge < -0.3 is 16.0 Å². The van der Waals surface area contributed by atoms with Gasteiger partial charge in [0, 0.05) is 33.8 Å². The molecule has 0 aliphatic heterocycles. The topological polar surface area (TPSA) is 104 Å². The van der Waals surface area contributed by atoms with Gasteiger partial charge in [0.05, 0.1) is 4.90 Å². The summed E-state index contributed by atoms with van der Waals surface area (Å²) in [6.45, 7) is 0. The summed E-state index contributed by atoms with van der Waals surface area (Å²) in [4.78, 5) is 25.2. The number of carbonyl (C=O) groups is 2. The maximum atomic E-state index is 14.9. The summed E-state index contributed by atoms with van der Waals surface area (Å²) in [7, 11) is -3.56. The number of anilines is 2. The number of sulfone groups is 1. The van der Waals surface area contributed by atoms with Crippen LogP contribution in [0.5, 0.6) is 0 Å². The first-order chi connectivity index (χ1) is 16.1. The van der Waals surface area contributed by atoms with E-state index < -0.39 is 33.1 Å².